The molecule has 0 amide bonds. The average molecular weight is 180 g/mol. The number of fused-ring (bicyclic) bond motifs is 2. The largest absolute Gasteiger partial charge is 0.466 e. The average Bonchev–Trinajstić information content (AvgIpc) is 2.76. The maximum atomic E-state index is 11.3. The van der Waals surface area contributed by atoms with E-state index in [0.717, 1.165) is 11.8 Å². The smallest absolute Gasteiger partial charge is 0.333 e. The van der Waals surface area contributed by atoms with Gasteiger partial charge in [0.15, 0.2) is 0 Å². The number of methoxy groups -OCH3 is 1. The first-order valence-corrected chi connectivity index (χ1v) is 4.99. The molecule has 3 atom stereocenters. The van der Waals surface area contributed by atoms with Crippen LogP contribution < -0.4 is 0 Å². The van der Waals surface area contributed by atoms with E-state index in [4.69, 9.17) is 4.74 Å². The summed E-state index contributed by atoms with van der Waals surface area (Å²) in [7, 11) is 1.43. The Bertz CT molecular complexity index is 244. The van der Waals surface area contributed by atoms with Crippen LogP contribution in [0, 0.1) is 17.8 Å². The van der Waals surface area contributed by atoms with Gasteiger partial charge in [0, 0.05) is 5.57 Å². The molecule has 0 aliphatic heterocycles. The Morgan fingerprint density at radius 2 is 2.15 bits per heavy atom. The van der Waals surface area contributed by atoms with E-state index >= 15 is 0 Å². The summed E-state index contributed by atoms with van der Waals surface area (Å²) in [5.74, 6) is 1.79. The van der Waals surface area contributed by atoms with Gasteiger partial charge in [-0.05, 0) is 37.0 Å². The Balaban J connectivity index is 2.02. The predicted octanol–water partition coefficient (Wildman–Crippen LogP) is 2.15. The third-order valence-corrected chi connectivity index (χ3v) is 3.63. The Morgan fingerprint density at radius 3 is 2.62 bits per heavy atom. The van der Waals surface area contributed by atoms with Crippen LogP contribution in [0.4, 0.5) is 0 Å². The second-order valence-corrected chi connectivity index (χ2v) is 4.30. The summed E-state index contributed by atoms with van der Waals surface area (Å²) in [6.45, 7) is 3.85. The molecule has 0 saturated heterocycles. The van der Waals surface area contributed by atoms with Gasteiger partial charge >= 0.3 is 5.97 Å². The second-order valence-electron chi connectivity index (χ2n) is 4.30. The van der Waals surface area contributed by atoms with Crippen LogP contribution in [0.2, 0.25) is 0 Å². The fraction of sp³-hybridized carbons (Fsp3) is 0.727. The molecule has 0 aromatic carbocycles. The molecule has 0 aromatic rings. The van der Waals surface area contributed by atoms with Gasteiger partial charge in [0.1, 0.15) is 0 Å². The van der Waals surface area contributed by atoms with Crippen molar-refractivity contribution in [1.29, 1.82) is 0 Å². The number of carbonyl (C=O) groups is 1. The molecule has 2 aliphatic carbocycles. The SMILES string of the molecule is C=C(C(=O)OC)C1CC2CCC1C2. The van der Waals surface area contributed by atoms with E-state index in [0.29, 0.717) is 11.5 Å². The van der Waals surface area contributed by atoms with Gasteiger partial charge in [-0.3, -0.25) is 0 Å². The van der Waals surface area contributed by atoms with Crippen LogP contribution in [-0.2, 0) is 9.53 Å². The lowest BCUT2D eigenvalue weighted by Crippen LogP contribution is -2.19. The first-order chi connectivity index (χ1) is 6.22. The molecule has 2 bridgehead atoms. The van der Waals surface area contributed by atoms with Crippen LogP contribution in [0.5, 0.6) is 0 Å². The molecule has 0 heterocycles. The van der Waals surface area contributed by atoms with Crippen molar-refractivity contribution in [2.75, 3.05) is 7.11 Å². The molecule has 2 nitrogen and oxygen atoms in total. The number of rotatable bonds is 2. The van der Waals surface area contributed by atoms with Gasteiger partial charge < -0.3 is 4.74 Å². The molecule has 2 saturated carbocycles. The maximum absolute atomic E-state index is 11.3. The molecule has 2 fully saturated rings. The highest BCUT2D eigenvalue weighted by atomic mass is 16.5. The van der Waals surface area contributed by atoms with Crippen LogP contribution in [0.3, 0.4) is 0 Å². The molecule has 2 aliphatic rings. The van der Waals surface area contributed by atoms with Crippen molar-refractivity contribution in [3.63, 3.8) is 0 Å². The predicted molar refractivity (Wildman–Crippen MR) is 50.1 cm³/mol. The summed E-state index contributed by atoms with van der Waals surface area (Å²) < 4.78 is 4.69. The Kier molecular flexibility index (Phi) is 2.14. The molecule has 0 spiro atoms. The molecule has 0 aromatic heterocycles. The fourth-order valence-electron chi connectivity index (χ4n) is 2.95. The van der Waals surface area contributed by atoms with E-state index in [2.05, 4.69) is 6.58 Å². The molecule has 13 heavy (non-hydrogen) atoms. The van der Waals surface area contributed by atoms with Crippen LogP contribution in [0.1, 0.15) is 25.7 Å². The number of hydrogen-bond donors (Lipinski definition) is 0. The first-order valence-electron chi connectivity index (χ1n) is 4.99. The lowest BCUT2D eigenvalue weighted by atomic mass is 9.84. The molecule has 72 valence electrons. The first kappa shape index (κ1) is 8.79. The Hall–Kier alpha value is -0.790. The number of ether oxygens (including phenoxy) is 1. The topological polar surface area (TPSA) is 26.3 Å². The molecular weight excluding hydrogens is 164 g/mol. The third kappa shape index (κ3) is 1.38. The summed E-state index contributed by atoms with van der Waals surface area (Å²) >= 11 is 0. The van der Waals surface area contributed by atoms with Crippen molar-refractivity contribution < 1.29 is 9.53 Å². The summed E-state index contributed by atoms with van der Waals surface area (Å²) in [6, 6.07) is 0. The van der Waals surface area contributed by atoms with Gasteiger partial charge in [0.05, 0.1) is 7.11 Å². The zero-order chi connectivity index (χ0) is 9.42. The zero-order valence-electron chi connectivity index (χ0n) is 8.08. The quantitative estimate of drug-likeness (QED) is 0.481. The molecule has 0 N–H and O–H groups in total. The number of hydrogen-bond acceptors (Lipinski definition) is 2. The van der Waals surface area contributed by atoms with Crippen molar-refractivity contribution in [2.24, 2.45) is 17.8 Å². The van der Waals surface area contributed by atoms with Crippen LogP contribution in [0.25, 0.3) is 0 Å². The van der Waals surface area contributed by atoms with Crippen LogP contribution in [-0.4, -0.2) is 13.1 Å². The Morgan fingerprint density at radius 1 is 1.38 bits per heavy atom. The zero-order valence-corrected chi connectivity index (χ0v) is 8.08. The summed E-state index contributed by atoms with van der Waals surface area (Å²) in [5.41, 5.74) is 0.703. The minimum absolute atomic E-state index is 0.211. The minimum atomic E-state index is -0.211. The standard InChI is InChI=1S/C11H16O2/c1-7(11(12)13-2)10-6-8-3-4-9(10)5-8/h8-10H,1,3-6H2,2H3. The summed E-state index contributed by atoms with van der Waals surface area (Å²) in [4.78, 5) is 11.3. The van der Waals surface area contributed by atoms with Gasteiger partial charge in [-0.15, -0.1) is 0 Å². The Labute approximate surface area is 79.0 Å². The fourth-order valence-corrected chi connectivity index (χ4v) is 2.95. The number of carbonyl (C=O) groups excluding carboxylic acids is 1. The normalized spacial score (nSPS) is 36.2. The number of esters is 1. The van der Waals surface area contributed by atoms with Gasteiger partial charge in [0.25, 0.3) is 0 Å². The van der Waals surface area contributed by atoms with Gasteiger partial charge in [-0.25, -0.2) is 4.79 Å². The molecule has 0 radical (unpaired) electrons. The molecule has 3 unspecified atom stereocenters. The minimum Gasteiger partial charge on any atom is -0.466 e. The lowest BCUT2D eigenvalue weighted by Gasteiger charge is -2.21. The highest BCUT2D eigenvalue weighted by Gasteiger charge is 2.42. The molecule has 2 heteroatoms. The van der Waals surface area contributed by atoms with Crippen molar-refractivity contribution in [3.05, 3.63) is 12.2 Å². The van der Waals surface area contributed by atoms with Crippen molar-refractivity contribution in [2.45, 2.75) is 25.7 Å². The van der Waals surface area contributed by atoms with Gasteiger partial charge in [-0.1, -0.05) is 13.0 Å². The molecule has 2 rings (SSSR count). The van der Waals surface area contributed by atoms with Crippen LogP contribution >= 0.6 is 0 Å². The van der Waals surface area contributed by atoms with Crippen molar-refractivity contribution >= 4 is 5.97 Å². The van der Waals surface area contributed by atoms with E-state index in [1.54, 1.807) is 0 Å². The van der Waals surface area contributed by atoms with E-state index in [1.807, 2.05) is 0 Å². The van der Waals surface area contributed by atoms with E-state index in [9.17, 15) is 4.79 Å². The summed E-state index contributed by atoms with van der Waals surface area (Å²) in [6.07, 6.45) is 5.11. The van der Waals surface area contributed by atoms with Gasteiger partial charge in [-0.2, -0.15) is 0 Å². The third-order valence-electron chi connectivity index (χ3n) is 3.63. The lowest BCUT2D eigenvalue weighted by molar-refractivity contribution is -0.136. The monoisotopic (exact) mass is 180 g/mol. The van der Waals surface area contributed by atoms with E-state index in [-0.39, 0.29) is 5.97 Å². The maximum Gasteiger partial charge on any atom is 0.333 e. The van der Waals surface area contributed by atoms with Crippen molar-refractivity contribution in [3.8, 4) is 0 Å². The summed E-state index contributed by atoms with van der Waals surface area (Å²) in [5, 5.41) is 0. The van der Waals surface area contributed by atoms with E-state index in [1.165, 1.54) is 32.8 Å². The highest BCUT2D eigenvalue weighted by molar-refractivity contribution is 5.88. The second kappa shape index (κ2) is 3.17. The van der Waals surface area contributed by atoms with Crippen molar-refractivity contribution in [1.82, 2.24) is 0 Å². The molecular formula is C11H16O2. The highest BCUT2D eigenvalue weighted by Crippen LogP contribution is 2.50. The van der Waals surface area contributed by atoms with E-state index < -0.39 is 0 Å². The van der Waals surface area contributed by atoms with Gasteiger partial charge in [0.2, 0.25) is 0 Å². The van der Waals surface area contributed by atoms with Crippen LogP contribution in [0.15, 0.2) is 12.2 Å².